The van der Waals surface area contributed by atoms with Gasteiger partial charge in [0.05, 0.1) is 5.69 Å². The third-order valence-corrected chi connectivity index (χ3v) is 3.60. The Morgan fingerprint density at radius 2 is 1.91 bits per heavy atom. The van der Waals surface area contributed by atoms with E-state index in [1.807, 2.05) is 26.0 Å². The predicted octanol–water partition coefficient (Wildman–Crippen LogP) is 3.05. The van der Waals surface area contributed by atoms with Gasteiger partial charge in [-0.2, -0.15) is 0 Å². The zero-order chi connectivity index (χ0) is 17.8. The number of rotatable bonds is 4. The molecule has 0 bridgehead atoms. The molecule has 1 aromatic rings. The molecule has 6 nitrogen and oxygen atoms in total. The average Bonchev–Trinajstić information content (AvgIpc) is 2.41. The van der Waals surface area contributed by atoms with Gasteiger partial charge in [0.25, 0.3) is 5.91 Å². The molecular formula is C16H24IN3O3. The van der Waals surface area contributed by atoms with E-state index >= 15 is 0 Å². The van der Waals surface area contributed by atoms with E-state index < -0.39 is 23.6 Å². The minimum atomic E-state index is -0.771. The van der Waals surface area contributed by atoms with Crippen molar-refractivity contribution in [3.63, 3.8) is 0 Å². The van der Waals surface area contributed by atoms with Crippen LogP contribution < -0.4 is 16.2 Å². The van der Waals surface area contributed by atoms with Crippen molar-refractivity contribution in [3.8, 4) is 0 Å². The molecule has 0 aliphatic heterocycles. The average molecular weight is 433 g/mol. The number of nitrogens with zero attached hydrogens (tertiary/aromatic N) is 1. The first-order valence-electron chi connectivity index (χ1n) is 7.35. The Labute approximate surface area is 150 Å². The lowest BCUT2D eigenvalue weighted by Gasteiger charge is -2.28. The molecule has 128 valence electrons. The number of nitrogens with two attached hydrogens (primary N) is 1. The molecule has 0 heterocycles. The van der Waals surface area contributed by atoms with Crippen molar-refractivity contribution in [2.75, 3.05) is 5.01 Å². The van der Waals surface area contributed by atoms with Gasteiger partial charge in [-0.1, -0.05) is 19.9 Å². The normalized spacial score (nSPS) is 12.7. The van der Waals surface area contributed by atoms with Crippen LogP contribution in [0.5, 0.6) is 0 Å². The summed E-state index contributed by atoms with van der Waals surface area (Å²) < 4.78 is 6.17. The number of hydrogen-bond donors (Lipinski definition) is 2. The molecule has 0 aliphatic rings. The van der Waals surface area contributed by atoms with Gasteiger partial charge in [-0.25, -0.2) is 15.6 Å². The first kappa shape index (κ1) is 19.7. The lowest BCUT2D eigenvalue weighted by Crippen LogP contribution is -2.54. The molecule has 0 fully saturated rings. The molecule has 23 heavy (non-hydrogen) atoms. The molecule has 0 unspecified atom stereocenters. The van der Waals surface area contributed by atoms with Crippen molar-refractivity contribution >= 4 is 40.3 Å². The number of nitrogens with one attached hydrogen (secondary N) is 1. The Kier molecular flexibility index (Phi) is 6.82. The molecule has 2 amide bonds. The third kappa shape index (κ3) is 6.34. The van der Waals surface area contributed by atoms with E-state index in [0.717, 1.165) is 8.58 Å². The number of hydrogen-bond acceptors (Lipinski definition) is 4. The van der Waals surface area contributed by atoms with Crippen molar-refractivity contribution in [3.05, 3.63) is 27.8 Å². The van der Waals surface area contributed by atoms with Gasteiger partial charge in [-0.3, -0.25) is 4.79 Å². The molecule has 0 radical (unpaired) electrons. The quantitative estimate of drug-likeness (QED) is 0.331. The SMILES string of the molecule is CC(C)[C@H](NC(=O)OC(C)(C)C)C(=O)N(N)c1cccc(I)c1. The summed E-state index contributed by atoms with van der Waals surface area (Å²) >= 11 is 2.14. The summed E-state index contributed by atoms with van der Waals surface area (Å²) in [4.78, 5) is 24.6. The van der Waals surface area contributed by atoms with Crippen LogP contribution in [0.1, 0.15) is 34.6 Å². The van der Waals surface area contributed by atoms with Crippen LogP contribution in [-0.2, 0) is 9.53 Å². The second kappa shape index (κ2) is 7.96. The van der Waals surface area contributed by atoms with Crippen LogP contribution in [0.25, 0.3) is 0 Å². The number of anilines is 1. The van der Waals surface area contributed by atoms with Gasteiger partial charge in [0.1, 0.15) is 11.6 Å². The smallest absolute Gasteiger partial charge is 0.408 e. The summed E-state index contributed by atoms with van der Waals surface area (Å²) in [6.07, 6.45) is -0.638. The van der Waals surface area contributed by atoms with E-state index in [1.54, 1.807) is 32.9 Å². The first-order chi connectivity index (χ1) is 10.5. The standard InChI is InChI=1S/C16H24IN3O3/c1-10(2)13(19-15(22)23-16(3,4)5)14(21)20(18)12-8-6-7-11(17)9-12/h6-10,13H,18H2,1-5H3,(H,19,22)/t13-/m0/s1. The lowest BCUT2D eigenvalue weighted by molar-refractivity contribution is -0.121. The van der Waals surface area contributed by atoms with Crippen LogP contribution in [0.3, 0.4) is 0 Å². The van der Waals surface area contributed by atoms with E-state index in [0.29, 0.717) is 5.69 Å². The summed E-state index contributed by atoms with van der Waals surface area (Å²) in [5, 5.41) is 3.66. The highest BCUT2D eigenvalue weighted by Gasteiger charge is 2.30. The molecule has 0 aromatic heterocycles. The largest absolute Gasteiger partial charge is 0.444 e. The first-order valence-corrected chi connectivity index (χ1v) is 8.43. The van der Waals surface area contributed by atoms with Crippen molar-refractivity contribution in [1.82, 2.24) is 5.32 Å². The summed E-state index contributed by atoms with van der Waals surface area (Å²) in [7, 11) is 0. The van der Waals surface area contributed by atoms with Crippen molar-refractivity contribution in [2.24, 2.45) is 11.8 Å². The number of ether oxygens (including phenoxy) is 1. The van der Waals surface area contributed by atoms with Crippen LogP contribution in [0.15, 0.2) is 24.3 Å². The van der Waals surface area contributed by atoms with Gasteiger partial charge in [0.15, 0.2) is 0 Å². The van der Waals surface area contributed by atoms with Gasteiger partial charge in [0, 0.05) is 3.57 Å². The Balaban J connectivity index is 2.88. The van der Waals surface area contributed by atoms with E-state index in [9.17, 15) is 9.59 Å². The molecule has 1 atom stereocenters. The van der Waals surface area contributed by atoms with Crippen LogP contribution in [0.4, 0.5) is 10.5 Å². The Bertz CT molecular complexity index is 570. The molecular weight excluding hydrogens is 409 g/mol. The fraction of sp³-hybridized carbons (Fsp3) is 0.500. The number of halogens is 1. The van der Waals surface area contributed by atoms with Gasteiger partial charge in [0.2, 0.25) is 0 Å². The maximum Gasteiger partial charge on any atom is 0.408 e. The number of amides is 2. The van der Waals surface area contributed by atoms with Gasteiger partial charge in [-0.05, 0) is 67.5 Å². The zero-order valence-electron chi connectivity index (χ0n) is 14.1. The highest BCUT2D eigenvalue weighted by Crippen LogP contribution is 2.17. The minimum absolute atomic E-state index is 0.135. The van der Waals surface area contributed by atoms with Gasteiger partial charge >= 0.3 is 6.09 Å². The predicted molar refractivity (Wildman–Crippen MR) is 98.8 cm³/mol. The monoisotopic (exact) mass is 433 g/mol. The number of carbonyl (C=O) groups excluding carboxylic acids is 2. The van der Waals surface area contributed by atoms with Crippen molar-refractivity contribution < 1.29 is 14.3 Å². The number of hydrazine groups is 1. The Morgan fingerprint density at radius 1 is 1.30 bits per heavy atom. The maximum absolute atomic E-state index is 12.6. The lowest BCUT2D eigenvalue weighted by atomic mass is 10.0. The van der Waals surface area contributed by atoms with E-state index in [-0.39, 0.29) is 5.92 Å². The number of alkyl carbamates (subject to hydrolysis) is 1. The van der Waals surface area contributed by atoms with E-state index in [4.69, 9.17) is 10.6 Å². The third-order valence-electron chi connectivity index (χ3n) is 2.93. The maximum atomic E-state index is 12.6. The summed E-state index contributed by atoms with van der Waals surface area (Å²) in [6, 6.07) is 6.48. The summed E-state index contributed by atoms with van der Waals surface area (Å²) in [5.74, 6) is 5.41. The molecule has 1 aromatic carbocycles. The van der Waals surface area contributed by atoms with Crippen molar-refractivity contribution in [1.29, 1.82) is 0 Å². The second-order valence-corrected chi connectivity index (χ2v) is 7.80. The fourth-order valence-corrected chi connectivity index (χ4v) is 2.38. The second-order valence-electron chi connectivity index (χ2n) is 6.56. The highest BCUT2D eigenvalue weighted by atomic mass is 127. The molecule has 7 heteroatoms. The molecule has 0 aliphatic carbocycles. The van der Waals surface area contributed by atoms with E-state index in [1.165, 1.54) is 0 Å². The Morgan fingerprint density at radius 3 is 2.39 bits per heavy atom. The molecule has 3 N–H and O–H groups in total. The molecule has 0 saturated carbocycles. The van der Waals surface area contributed by atoms with Crippen molar-refractivity contribution in [2.45, 2.75) is 46.3 Å². The minimum Gasteiger partial charge on any atom is -0.444 e. The highest BCUT2D eigenvalue weighted by molar-refractivity contribution is 14.1. The topological polar surface area (TPSA) is 84.7 Å². The van der Waals surface area contributed by atoms with Crippen LogP contribution in [0, 0.1) is 9.49 Å². The summed E-state index contributed by atoms with van der Waals surface area (Å²) in [6.45, 7) is 8.96. The van der Waals surface area contributed by atoms with Crippen LogP contribution >= 0.6 is 22.6 Å². The number of carbonyl (C=O) groups is 2. The zero-order valence-corrected chi connectivity index (χ0v) is 16.2. The van der Waals surface area contributed by atoms with E-state index in [2.05, 4.69) is 27.9 Å². The van der Waals surface area contributed by atoms with Gasteiger partial charge < -0.3 is 10.1 Å². The van der Waals surface area contributed by atoms with Crippen LogP contribution in [-0.4, -0.2) is 23.6 Å². The summed E-state index contributed by atoms with van der Waals surface area (Å²) in [5.41, 5.74) is -0.0642. The van der Waals surface area contributed by atoms with Crippen LogP contribution in [0.2, 0.25) is 0 Å². The molecule has 0 saturated heterocycles. The molecule has 1 rings (SSSR count). The number of benzene rings is 1. The van der Waals surface area contributed by atoms with Gasteiger partial charge in [-0.15, -0.1) is 0 Å². The Hall–Kier alpha value is -1.35. The molecule has 0 spiro atoms. The fourth-order valence-electron chi connectivity index (χ4n) is 1.85.